The van der Waals surface area contributed by atoms with Crippen molar-refractivity contribution in [1.82, 2.24) is 13.9 Å². The molecule has 1 aliphatic carbocycles. The molecule has 1 saturated carbocycles. The second kappa shape index (κ2) is 8.62. The number of sulfonamides is 1. The van der Waals surface area contributed by atoms with Gasteiger partial charge in [0.15, 0.2) is 0 Å². The zero-order valence-electron chi connectivity index (χ0n) is 17.4. The van der Waals surface area contributed by atoms with Gasteiger partial charge < -0.3 is 9.30 Å². The smallest absolute Gasteiger partial charge is 0.243 e. The van der Waals surface area contributed by atoms with Gasteiger partial charge in [-0.15, -0.1) is 0 Å². The summed E-state index contributed by atoms with van der Waals surface area (Å²) in [7, 11) is -1.94. The summed E-state index contributed by atoms with van der Waals surface area (Å²) >= 11 is 0. The van der Waals surface area contributed by atoms with Gasteiger partial charge in [0.1, 0.15) is 11.6 Å². The summed E-state index contributed by atoms with van der Waals surface area (Å²) in [4.78, 5) is 4.80. The maximum absolute atomic E-state index is 13.4. The molecule has 158 valence electrons. The van der Waals surface area contributed by atoms with Crippen molar-refractivity contribution in [3.05, 3.63) is 77.9 Å². The molecule has 1 aliphatic rings. The lowest BCUT2D eigenvalue weighted by molar-refractivity contribution is 0.377. The van der Waals surface area contributed by atoms with E-state index in [9.17, 15) is 8.42 Å². The normalized spacial score (nSPS) is 14.2. The van der Waals surface area contributed by atoms with Crippen LogP contribution in [0.4, 0.5) is 0 Å². The molecule has 0 unspecified atom stereocenters. The van der Waals surface area contributed by atoms with Gasteiger partial charge >= 0.3 is 0 Å². The van der Waals surface area contributed by atoms with Gasteiger partial charge in [0, 0.05) is 25.5 Å². The molecule has 1 heterocycles. The molecule has 0 atom stereocenters. The predicted octanol–water partition coefficient (Wildman–Crippen LogP) is 3.85. The molecule has 1 aromatic heterocycles. The number of aromatic nitrogens is 2. The first-order valence-electron chi connectivity index (χ1n) is 10.2. The second-order valence-corrected chi connectivity index (χ2v) is 9.81. The largest absolute Gasteiger partial charge is 0.497 e. The van der Waals surface area contributed by atoms with Crippen molar-refractivity contribution in [1.29, 1.82) is 0 Å². The Bertz CT molecular complexity index is 1100. The Morgan fingerprint density at radius 3 is 2.63 bits per heavy atom. The van der Waals surface area contributed by atoms with Crippen LogP contribution in [0.25, 0.3) is 0 Å². The summed E-state index contributed by atoms with van der Waals surface area (Å²) in [5.74, 6) is 1.97. The molecule has 3 aromatic rings. The van der Waals surface area contributed by atoms with E-state index in [2.05, 4.69) is 4.98 Å². The van der Waals surface area contributed by atoms with Crippen LogP contribution in [0.5, 0.6) is 5.75 Å². The third kappa shape index (κ3) is 4.74. The maximum atomic E-state index is 13.4. The van der Waals surface area contributed by atoms with Gasteiger partial charge in [-0.2, -0.15) is 4.31 Å². The first-order valence-corrected chi connectivity index (χ1v) is 11.6. The fourth-order valence-corrected chi connectivity index (χ4v) is 4.93. The molecule has 30 heavy (non-hydrogen) atoms. The quantitative estimate of drug-likeness (QED) is 0.522. The highest BCUT2D eigenvalue weighted by Gasteiger charge is 2.32. The van der Waals surface area contributed by atoms with Gasteiger partial charge in [0.25, 0.3) is 0 Å². The number of methoxy groups -OCH3 is 1. The molecule has 0 spiro atoms. The van der Waals surface area contributed by atoms with E-state index in [4.69, 9.17) is 4.74 Å². The number of hydrogen-bond donors (Lipinski definition) is 0. The Morgan fingerprint density at radius 2 is 1.93 bits per heavy atom. The van der Waals surface area contributed by atoms with E-state index in [1.54, 1.807) is 29.7 Å². The third-order valence-corrected chi connectivity index (χ3v) is 7.25. The number of imidazole rings is 1. The average molecular weight is 426 g/mol. The Balaban J connectivity index is 1.58. The van der Waals surface area contributed by atoms with Crippen LogP contribution < -0.4 is 4.74 Å². The first kappa shape index (κ1) is 20.6. The van der Waals surface area contributed by atoms with E-state index in [-0.39, 0.29) is 6.54 Å². The van der Waals surface area contributed by atoms with Crippen molar-refractivity contribution in [2.45, 2.75) is 37.8 Å². The van der Waals surface area contributed by atoms with Gasteiger partial charge in [-0.3, -0.25) is 0 Å². The van der Waals surface area contributed by atoms with Crippen LogP contribution in [0.1, 0.15) is 29.8 Å². The average Bonchev–Trinajstić information content (AvgIpc) is 3.46. The standard InChI is InChI=1S/C23H27N3O3S/c1-18-6-10-22(11-7-18)30(27,28)26(16-19-8-9-19)17-23-24-12-13-25(23)15-20-4-3-5-21(14-20)29-2/h3-7,10-14,19H,8-9,15-17H2,1-2H3. The number of aryl methyl sites for hydroxylation is 1. The molecule has 2 aromatic carbocycles. The van der Waals surface area contributed by atoms with Gasteiger partial charge in [0.2, 0.25) is 10.0 Å². The summed E-state index contributed by atoms with van der Waals surface area (Å²) in [5.41, 5.74) is 2.11. The van der Waals surface area contributed by atoms with Gasteiger partial charge in [-0.1, -0.05) is 29.8 Å². The summed E-state index contributed by atoms with van der Waals surface area (Å²) in [5, 5.41) is 0. The number of ether oxygens (including phenoxy) is 1. The van der Waals surface area contributed by atoms with Crippen molar-refractivity contribution in [3.63, 3.8) is 0 Å². The fraction of sp³-hybridized carbons (Fsp3) is 0.348. The van der Waals surface area contributed by atoms with Crippen molar-refractivity contribution in [3.8, 4) is 5.75 Å². The maximum Gasteiger partial charge on any atom is 0.243 e. The van der Waals surface area contributed by atoms with Crippen LogP contribution in [0.15, 0.2) is 65.8 Å². The van der Waals surface area contributed by atoms with Crippen molar-refractivity contribution in [2.24, 2.45) is 5.92 Å². The van der Waals surface area contributed by atoms with Crippen LogP contribution >= 0.6 is 0 Å². The van der Waals surface area contributed by atoms with Crippen LogP contribution in [-0.2, 0) is 23.1 Å². The topological polar surface area (TPSA) is 64.4 Å². The van der Waals surface area contributed by atoms with Gasteiger partial charge in [-0.05, 0) is 55.5 Å². The predicted molar refractivity (Wildman–Crippen MR) is 116 cm³/mol. The molecule has 1 fully saturated rings. The highest BCUT2D eigenvalue weighted by molar-refractivity contribution is 7.89. The summed E-state index contributed by atoms with van der Waals surface area (Å²) in [6, 6.07) is 14.9. The highest BCUT2D eigenvalue weighted by atomic mass is 32.2. The Morgan fingerprint density at radius 1 is 1.17 bits per heavy atom. The van der Waals surface area contributed by atoms with Gasteiger partial charge in [-0.25, -0.2) is 13.4 Å². The molecular formula is C23H27N3O3S. The molecule has 7 heteroatoms. The van der Waals surface area contributed by atoms with Crippen LogP contribution in [0.2, 0.25) is 0 Å². The van der Waals surface area contributed by atoms with E-state index >= 15 is 0 Å². The number of hydrogen-bond acceptors (Lipinski definition) is 4. The van der Waals surface area contributed by atoms with Crippen molar-refractivity contribution in [2.75, 3.05) is 13.7 Å². The number of nitrogens with zero attached hydrogens (tertiary/aromatic N) is 3. The molecule has 0 N–H and O–H groups in total. The minimum Gasteiger partial charge on any atom is -0.497 e. The first-order chi connectivity index (χ1) is 14.5. The Kier molecular flexibility index (Phi) is 5.92. The SMILES string of the molecule is COc1cccc(Cn2ccnc2CN(CC2CC2)S(=O)(=O)c2ccc(C)cc2)c1. The van der Waals surface area contributed by atoms with Crippen LogP contribution in [0.3, 0.4) is 0 Å². The molecule has 0 aliphatic heterocycles. The molecule has 0 radical (unpaired) electrons. The van der Waals surface area contributed by atoms with Crippen LogP contribution in [-0.4, -0.2) is 35.9 Å². The van der Waals surface area contributed by atoms with E-state index in [1.807, 2.05) is 54.1 Å². The Labute approximate surface area is 178 Å². The zero-order valence-corrected chi connectivity index (χ0v) is 18.2. The summed E-state index contributed by atoms with van der Waals surface area (Å²) in [6.45, 7) is 3.34. The molecule has 6 nitrogen and oxygen atoms in total. The molecular weight excluding hydrogens is 398 g/mol. The lowest BCUT2D eigenvalue weighted by Crippen LogP contribution is -2.33. The minimum atomic E-state index is -3.59. The summed E-state index contributed by atoms with van der Waals surface area (Å²) < 4.78 is 35.6. The monoisotopic (exact) mass is 425 g/mol. The van der Waals surface area contributed by atoms with E-state index in [0.717, 1.165) is 35.5 Å². The van der Waals surface area contributed by atoms with Crippen LogP contribution in [0, 0.1) is 12.8 Å². The molecule has 0 amide bonds. The van der Waals surface area contributed by atoms with Gasteiger partial charge in [0.05, 0.1) is 18.6 Å². The molecule has 4 rings (SSSR count). The molecule has 0 saturated heterocycles. The van der Waals surface area contributed by atoms with E-state index in [0.29, 0.717) is 23.9 Å². The summed E-state index contributed by atoms with van der Waals surface area (Å²) in [6.07, 6.45) is 5.78. The Hall–Kier alpha value is -2.64. The van der Waals surface area contributed by atoms with Crippen molar-refractivity contribution < 1.29 is 13.2 Å². The highest BCUT2D eigenvalue weighted by Crippen LogP contribution is 2.32. The third-order valence-electron chi connectivity index (χ3n) is 5.42. The van der Waals surface area contributed by atoms with E-state index < -0.39 is 10.0 Å². The lowest BCUT2D eigenvalue weighted by atomic mass is 10.2. The number of rotatable bonds is 9. The minimum absolute atomic E-state index is 0.254. The second-order valence-electron chi connectivity index (χ2n) is 7.88. The fourth-order valence-electron chi connectivity index (χ4n) is 3.46. The molecule has 0 bridgehead atoms. The van der Waals surface area contributed by atoms with Crippen molar-refractivity contribution >= 4 is 10.0 Å². The lowest BCUT2D eigenvalue weighted by Gasteiger charge is -2.22. The zero-order chi connectivity index (χ0) is 21.1. The number of benzene rings is 2. The van der Waals surface area contributed by atoms with E-state index in [1.165, 1.54) is 0 Å².